The molecule has 0 aliphatic heterocycles. The SMILES string of the molecule is CC(C)c1c(F)cccc1F.CC(C)c1c(O)cccc1Cl.CC(C)c1c(O)cccc1F.CC(C)c1cc(O)cc(Cl)c1Cl.CC(C)c1cc(O)cc2ccccc12.CC(C)c1ccc(F)cc1F.CC(C)c1cccc(Cl)c1Cl.CC(C)c1ccccc1C1CC1.CC(C)c1ccccc1Cl.CC(C)c1ccccc1F.CC(C)c1ccccc1O.Cc1ccc(Cl)c(C(C)C)c1.Cc1ccc2c(c1C(C)C)C=CC2. The summed E-state index contributed by atoms with van der Waals surface area (Å²) >= 11 is 41.2. The van der Waals surface area contributed by atoms with Crippen molar-refractivity contribution in [2.75, 3.05) is 0 Å². The Morgan fingerprint density at radius 1 is 0.259 bits per heavy atom. The van der Waals surface area contributed by atoms with E-state index in [1.807, 2.05) is 166 Å². The molecule has 0 heterocycles. The third-order valence-corrected chi connectivity index (χ3v) is 26.6. The van der Waals surface area contributed by atoms with Gasteiger partial charge in [-0.1, -0.05) is 443 Å². The van der Waals surface area contributed by atoms with E-state index in [0.29, 0.717) is 89.2 Å². The minimum atomic E-state index is -0.521. The molecule has 5 N–H and O–H groups in total. The Bertz CT molecular complexity index is 6060. The second-order valence-corrected chi connectivity index (χ2v) is 43.2. The highest BCUT2D eigenvalue weighted by Crippen LogP contribution is 2.44. The maximum atomic E-state index is 12.9. The summed E-state index contributed by atoms with van der Waals surface area (Å²) in [7, 11) is 0. The molecule has 147 heavy (non-hydrogen) atoms. The number of halogens is 13. The Hall–Kier alpha value is -10.3. The molecule has 0 radical (unpaired) electrons. The lowest BCUT2D eigenvalue weighted by Gasteiger charge is -2.14. The second kappa shape index (κ2) is 64.9. The number of rotatable bonds is 14. The van der Waals surface area contributed by atoms with E-state index in [4.69, 9.17) is 81.2 Å². The van der Waals surface area contributed by atoms with Crippen molar-refractivity contribution in [3.63, 3.8) is 0 Å². The fourth-order valence-electron chi connectivity index (χ4n) is 16.0. The van der Waals surface area contributed by atoms with Crippen LogP contribution in [0.1, 0.15) is 376 Å². The van der Waals surface area contributed by atoms with Gasteiger partial charge in [0.1, 0.15) is 63.7 Å². The molecular weight excluding hydrogens is 1990 g/mol. The summed E-state index contributed by atoms with van der Waals surface area (Å²) in [5, 5.41) is 53.7. The number of aromatic hydroxyl groups is 5. The van der Waals surface area contributed by atoms with Gasteiger partial charge in [0.2, 0.25) is 0 Å². The van der Waals surface area contributed by atoms with Crippen LogP contribution in [0.4, 0.5) is 26.3 Å². The van der Waals surface area contributed by atoms with Crippen LogP contribution in [0.15, 0.2) is 273 Å². The smallest absolute Gasteiger partial charge is 0.130 e. The van der Waals surface area contributed by atoms with Crippen LogP contribution in [-0.4, -0.2) is 25.5 Å². The number of allylic oxidation sites excluding steroid dienone is 1. The minimum Gasteiger partial charge on any atom is -0.508 e. The standard InChI is InChI=1S/C13H14O.C13H16.C12H16.C10H13Cl.C9H10Cl2O.C9H10Cl2.C9H11ClO.C9H11Cl.2C9H10F2.C9H11FO.C9H11F.C9H12O/c1-9(2)13-8-11(14)7-10-5-3-4-6-12(10)13;1-9(2)13-10(3)7-8-11-5-4-6-12(11)13;1-9(2)11-5-3-4-6-12(11)10-7-8-10;1-7(2)9-6-8(3)4-5-10(9)11;1-5(2)7-3-6(12)4-8(10)9(7)11;1-6(2)7-4-3-5-8(10)9(7)11;1-6(2)9-7(10)4-3-5-8(9)11;1-7(2)8-5-3-4-6-9(8)10;1-6(2)8-4-3-7(10)5-9(8)11;2*1-6(2)9-7(10)4-3-5-8(9)11;2*1-7(2)8-5-3-4-6-9(8)10/h3-9,14H,1-2H3;4,6-9H,5H2,1-3H3;3-6,9-10H,7-8H2,1-2H3;4-7H,1-3H3;3-5,12H,1-2H3;3-6H,1-2H3;3-6,11H,1-2H3;3-7H,1-2H3;2*3-6H,1-2H3;3-6,11H,1-2H3;3-7H,1-2H3;3-7,10H,1-2H3. The van der Waals surface area contributed by atoms with Crippen molar-refractivity contribution < 1.29 is 51.9 Å². The first kappa shape index (κ1) is 129. The normalized spacial score (nSPS) is 11.4. The third kappa shape index (κ3) is 43.3. The summed E-state index contributed by atoms with van der Waals surface area (Å²) in [4.78, 5) is 0. The van der Waals surface area contributed by atoms with E-state index in [1.165, 1.54) is 123 Å². The zero-order valence-corrected chi connectivity index (χ0v) is 96.2. The van der Waals surface area contributed by atoms with Crippen molar-refractivity contribution >= 4 is 98.1 Å². The fourth-order valence-corrected chi connectivity index (χ4v) is 18.2. The summed E-state index contributed by atoms with van der Waals surface area (Å²) in [6.07, 6.45) is 8.47. The van der Waals surface area contributed by atoms with Gasteiger partial charge >= 0.3 is 0 Å². The Kier molecular flexibility index (Phi) is 57.0. The van der Waals surface area contributed by atoms with E-state index >= 15 is 0 Å². The number of phenols is 5. The molecule has 0 aromatic heterocycles. The molecule has 0 saturated heterocycles. The number of aryl methyl sites for hydroxylation is 2. The molecule has 16 rings (SSSR count). The van der Waals surface area contributed by atoms with E-state index in [9.17, 15) is 51.9 Å². The summed E-state index contributed by atoms with van der Waals surface area (Å²) in [5.41, 5.74) is 19.8. The van der Waals surface area contributed by atoms with Crippen molar-refractivity contribution in [2.24, 2.45) is 0 Å². The molecule has 14 aromatic rings. The van der Waals surface area contributed by atoms with Crippen LogP contribution < -0.4 is 0 Å². The molecule has 5 nitrogen and oxygen atoms in total. The van der Waals surface area contributed by atoms with Crippen LogP contribution in [0, 0.1) is 48.8 Å². The van der Waals surface area contributed by atoms with Gasteiger partial charge in [0.25, 0.3) is 0 Å². The number of hydrogen-bond acceptors (Lipinski definition) is 5. The highest BCUT2D eigenvalue weighted by atomic mass is 35.5. The third-order valence-electron chi connectivity index (χ3n) is 24.0. The first-order chi connectivity index (χ1) is 69.1. The van der Waals surface area contributed by atoms with E-state index in [2.05, 4.69) is 178 Å². The van der Waals surface area contributed by atoms with Crippen LogP contribution in [0.2, 0.25) is 35.2 Å². The van der Waals surface area contributed by atoms with Crippen molar-refractivity contribution in [3.8, 4) is 28.7 Å². The molecule has 792 valence electrons. The summed E-state index contributed by atoms with van der Waals surface area (Å²) < 4.78 is 76.7. The van der Waals surface area contributed by atoms with Gasteiger partial charge in [-0.2, -0.15) is 0 Å². The molecule has 2 aliphatic carbocycles. The first-order valence-corrected chi connectivity index (χ1v) is 53.3. The van der Waals surface area contributed by atoms with Crippen molar-refractivity contribution in [3.05, 3.63) is 443 Å². The van der Waals surface area contributed by atoms with E-state index in [-0.39, 0.29) is 70.0 Å². The first-order valence-electron chi connectivity index (χ1n) is 50.6. The highest BCUT2D eigenvalue weighted by molar-refractivity contribution is 6.43. The van der Waals surface area contributed by atoms with Crippen molar-refractivity contribution in [1.82, 2.24) is 0 Å². The molecule has 0 atom stereocenters. The van der Waals surface area contributed by atoms with Crippen LogP contribution in [0.5, 0.6) is 28.7 Å². The lowest BCUT2D eigenvalue weighted by molar-refractivity contribution is 0.454. The molecule has 14 aromatic carbocycles. The number of benzene rings is 14. The van der Waals surface area contributed by atoms with Gasteiger partial charge < -0.3 is 25.5 Å². The largest absolute Gasteiger partial charge is 0.508 e. The summed E-state index contributed by atoms with van der Waals surface area (Å²) in [6.45, 7) is 57.5. The Morgan fingerprint density at radius 2 is 0.653 bits per heavy atom. The minimum absolute atomic E-state index is 0.0243. The van der Waals surface area contributed by atoms with Gasteiger partial charge in [-0.25, -0.2) is 26.3 Å². The predicted molar refractivity (Wildman–Crippen MR) is 622 cm³/mol. The monoisotopic (exact) mass is 2140 g/mol. The Labute approximate surface area is 910 Å². The van der Waals surface area contributed by atoms with Gasteiger partial charge in [-0.05, 0) is 296 Å². The van der Waals surface area contributed by atoms with Gasteiger partial charge in [0.15, 0.2) is 0 Å². The molecule has 0 amide bonds. The Morgan fingerprint density at radius 3 is 1.10 bits per heavy atom. The molecule has 1 saturated carbocycles. The van der Waals surface area contributed by atoms with Gasteiger partial charge in [0.05, 0.1) is 20.1 Å². The number of fused-ring (bicyclic) bond motifs is 2. The van der Waals surface area contributed by atoms with Crippen molar-refractivity contribution in [1.29, 1.82) is 0 Å². The molecule has 0 spiro atoms. The molecule has 0 bridgehead atoms. The van der Waals surface area contributed by atoms with E-state index in [1.54, 1.807) is 73.5 Å². The summed E-state index contributed by atoms with van der Waals surface area (Å²) in [5.74, 6) is 4.28. The topological polar surface area (TPSA) is 101 Å². The maximum Gasteiger partial charge on any atom is 0.130 e. The van der Waals surface area contributed by atoms with Crippen LogP contribution in [0.25, 0.3) is 16.8 Å². The van der Waals surface area contributed by atoms with E-state index < -0.39 is 23.3 Å². The number of phenolic OH excluding ortho intramolecular Hbond substituents is 5. The van der Waals surface area contributed by atoms with Crippen LogP contribution in [0.3, 0.4) is 0 Å². The molecule has 18 heteroatoms. The quantitative estimate of drug-likeness (QED) is 0.0699. The van der Waals surface area contributed by atoms with E-state index in [0.717, 1.165) is 61.7 Å². The van der Waals surface area contributed by atoms with Crippen LogP contribution >= 0.6 is 81.2 Å². The molecule has 1 fully saturated rings. The molecular formula is C129H155Cl7F6O5. The maximum absolute atomic E-state index is 12.9. The van der Waals surface area contributed by atoms with Crippen molar-refractivity contribution in [2.45, 2.75) is 296 Å². The highest BCUT2D eigenvalue weighted by Gasteiger charge is 2.27. The average molecular weight is 2150 g/mol. The lowest BCUT2D eigenvalue weighted by Crippen LogP contribution is -1.97. The summed E-state index contributed by atoms with van der Waals surface area (Å²) in [6, 6.07) is 79.6. The zero-order valence-electron chi connectivity index (χ0n) is 90.9. The lowest BCUT2D eigenvalue weighted by atomic mass is 9.91. The Balaban J connectivity index is 0.000000332. The molecule has 0 unspecified atom stereocenters. The average Bonchev–Trinajstić information content (AvgIpc) is 1.64. The van der Waals surface area contributed by atoms with Gasteiger partial charge in [-0.15, -0.1) is 0 Å². The zero-order chi connectivity index (χ0) is 111. The number of hydrogen-bond donors (Lipinski definition) is 5. The number of para-hydroxylation sites is 1. The van der Waals surface area contributed by atoms with Gasteiger partial charge in [-0.3, -0.25) is 0 Å². The second-order valence-electron chi connectivity index (χ2n) is 40.4. The predicted octanol–water partition coefficient (Wildman–Crippen LogP) is 43.7. The van der Waals surface area contributed by atoms with Crippen LogP contribution in [-0.2, 0) is 6.42 Å². The molecule has 2 aliphatic rings. The fraction of sp³-hybridized carbons (Fsp3) is 0.349. The van der Waals surface area contributed by atoms with Gasteiger partial charge in [0, 0.05) is 43.9 Å².